The summed E-state index contributed by atoms with van der Waals surface area (Å²) in [5.74, 6) is 1.85. The zero-order valence-electron chi connectivity index (χ0n) is 36.3. The predicted octanol–water partition coefficient (Wildman–Crippen LogP) is 13.7. The molecule has 1 aromatic heterocycles. The van der Waals surface area contributed by atoms with Gasteiger partial charge < -0.3 is 14.5 Å². The topological polar surface area (TPSA) is 15.7 Å². The third-order valence-corrected chi connectivity index (χ3v) is 14.7. The maximum absolute atomic E-state index is 7.19. The first-order valence-corrected chi connectivity index (χ1v) is 22.2. The first-order valence-electron chi connectivity index (χ1n) is 21.4. The average Bonchev–Trinajstić information content (AvgIpc) is 3.58. The lowest BCUT2D eigenvalue weighted by atomic mass is 9.36. The summed E-state index contributed by atoms with van der Waals surface area (Å²) in [6.45, 7) is 23.7. The Morgan fingerprint density at radius 3 is 1.86 bits per heavy atom. The fourth-order valence-corrected chi connectivity index (χ4v) is 11.2. The Hall–Kier alpha value is -5.26. The van der Waals surface area contributed by atoms with Gasteiger partial charge in [0.25, 0.3) is 6.71 Å². The molecule has 0 atom stereocenters. The molecule has 3 heterocycles. The van der Waals surface area contributed by atoms with Crippen molar-refractivity contribution in [3.63, 3.8) is 0 Å². The van der Waals surface area contributed by atoms with E-state index in [1.807, 2.05) is 11.3 Å². The number of ether oxygens (including phenoxy) is 1. The van der Waals surface area contributed by atoms with Crippen LogP contribution in [0.3, 0.4) is 0 Å². The van der Waals surface area contributed by atoms with Crippen molar-refractivity contribution in [1.29, 1.82) is 0 Å². The summed E-state index contributed by atoms with van der Waals surface area (Å²) in [5, 5.41) is 1.32. The lowest BCUT2D eigenvalue weighted by Crippen LogP contribution is -2.58. The number of anilines is 6. The molecule has 0 bridgehead atoms. The quantitative estimate of drug-likeness (QED) is 0.165. The van der Waals surface area contributed by atoms with Crippen LogP contribution in [0.4, 0.5) is 34.1 Å². The van der Waals surface area contributed by atoms with Crippen molar-refractivity contribution in [3.05, 3.63) is 150 Å². The van der Waals surface area contributed by atoms with E-state index in [1.54, 1.807) is 0 Å². The van der Waals surface area contributed by atoms with Gasteiger partial charge in [-0.15, -0.1) is 11.3 Å². The van der Waals surface area contributed by atoms with Gasteiger partial charge in [0.15, 0.2) is 0 Å². The molecule has 6 aromatic carbocycles. The van der Waals surface area contributed by atoms with E-state index in [0.717, 1.165) is 35.0 Å². The lowest BCUT2D eigenvalue weighted by molar-refractivity contribution is 0.332. The highest BCUT2D eigenvalue weighted by molar-refractivity contribution is 7.33. The highest BCUT2D eigenvalue weighted by Gasteiger charge is 2.46. The molecule has 0 spiro atoms. The number of rotatable bonds is 4. The van der Waals surface area contributed by atoms with Crippen molar-refractivity contribution in [2.75, 3.05) is 9.80 Å². The van der Waals surface area contributed by atoms with Gasteiger partial charge in [0.1, 0.15) is 11.5 Å². The van der Waals surface area contributed by atoms with Crippen LogP contribution in [0.5, 0.6) is 11.5 Å². The molecule has 5 heteroatoms. The zero-order valence-corrected chi connectivity index (χ0v) is 37.1. The van der Waals surface area contributed by atoms with E-state index in [9.17, 15) is 0 Å². The summed E-state index contributed by atoms with van der Waals surface area (Å²) in [7, 11) is 0. The highest BCUT2D eigenvalue weighted by Crippen LogP contribution is 2.52. The van der Waals surface area contributed by atoms with Crippen molar-refractivity contribution in [2.45, 2.75) is 104 Å². The van der Waals surface area contributed by atoms with Gasteiger partial charge in [0.2, 0.25) is 0 Å². The number of nitrogens with zero attached hydrogens (tertiary/aromatic N) is 2. The molecular weight excluding hydrogens is 735 g/mol. The van der Waals surface area contributed by atoms with Gasteiger partial charge in [0, 0.05) is 43.7 Å². The number of benzene rings is 6. The second-order valence-electron chi connectivity index (χ2n) is 20.5. The van der Waals surface area contributed by atoms with E-state index < -0.39 is 0 Å². The van der Waals surface area contributed by atoms with Gasteiger partial charge in [-0.2, -0.15) is 0 Å². The van der Waals surface area contributed by atoms with Crippen molar-refractivity contribution in [3.8, 4) is 11.5 Å². The van der Waals surface area contributed by atoms with Gasteiger partial charge >= 0.3 is 0 Å². The Morgan fingerprint density at radius 2 is 1.22 bits per heavy atom. The first kappa shape index (κ1) is 38.0. The van der Waals surface area contributed by atoms with Gasteiger partial charge in [-0.1, -0.05) is 130 Å². The molecule has 59 heavy (non-hydrogen) atoms. The van der Waals surface area contributed by atoms with Crippen LogP contribution in [0.25, 0.3) is 10.1 Å². The van der Waals surface area contributed by atoms with Gasteiger partial charge in [0.05, 0.1) is 11.4 Å². The van der Waals surface area contributed by atoms with Crippen molar-refractivity contribution in [1.82, 2.24) is 0 Å². The Morgan fingerprint density at radius 1 is 0.610 bits per heavy atom. The van der Waals surface area contributed by atoms with E-state index >= 15 is 0 Å². The van der Waals surface area contributed by atoms with Crippen LogP contribution < -0.4 is 30.2 Å². The fraction of sp³-hybridized carbons (Fsp3) is 0.296. The number of fused-ring (bicyclic) bond motifs is 7. The molecule has 0 saturated heterocycles. The molecule has 10 rings (SSSR count). The smallest absolute Gasteiger partial charge is 0.268 e. The van der Waals surface area contributed by atoms with E-state index in [2.05, 4.69) is 206 Å². The highest BCUT2D eigenvalue weighted by atomic mass is 32.1. The van der Waals surface area contributed by atoms with Crippen molar-refractivity contribution in [2.24, 2.45) is 0 Å². The fourth-order valence-electron chi connectivity index (χ4n) is 9.87. The molecule has 0 N–H and O–H groups in total. The Balaban J connectivity index is 1.33. The minimum atomic E-state index is -0.0110. The second-order valence-corrected chi connectivity index (χ2v) is 21.6. The van der Waals surface area contributed by atoms with Crippen molar-refractivity contribution < 1.29 is 4.74 Å². The average molecular weight is 791 g/mol. The van der Waals surface area contributed by atoms with Crippen LogP contribution in [0.2, 0.25) is 0 Å². The maximum atomic E-state index is 7.19. The molecular formula is C54H55BN2OS. The molecule has 3 nitrogen and oxygen atoms in total. The number of para-hydroxylation sites is 2. The van der Waals surface area contributed by atoms with Gasteiger partial charge in [-0.25, -0.2) is 0 Å². The first-order chi connectivity index (χ1) is 28.0. The molecule has 3 aliphatic rings. The minimum absolute atomic E-state index is 0.000929. The molecule has 0 saturated carbocycles. The van der Waals surface area contributed by atoms with Crippen LogP contribution in [0.1, 0.15) is 104 Å². The van der Waals surface area contributed by atoms with Gasteiger partial charge in [-0.05, 0) is 128 Å². The number of hydrogen-bond acceptors (Lipinski definition) is 4. The van der Waals surface area contributed by atoms with Gasteiger partial charge in [-0.3, -0.25) is 0 Å². The third-order valence-electron chi connectivity index (χ3n) is 13.5. The molecule has 2 aliphatic heterocycles. The van der Waals surface area contributed by atoms with Crippen LogP contribution in [-0.2, 0) is 21.7 Å². The number of thiophene rings is 1. The Bertz CT molecular complexity index is 2750. The van der Waals surface area contributed by atoms with Crippen LogP contribution in [0.15, 0.2) is 127 Å². The summed E-state index contributed by atoms with van der Waals surface area (Å²) < 4.78 is 9.89. The monoisotopic (exact) mass is 790 g/mol. The zero-order chi connectivity index (χ0) is 41.2. The summed E-state index contributed by atoms with van der Waals surface area (Å²) in [6.07, 6.45) is 2.35. The molecule has 1 aliphatic carbocycles. The third kappa shape index (κ3) is 6.14. The normalized spacial score (nSPS) is 16.2. The SMILES string of the molecule is CC(C)(C)c1ccc2c(c1)B1c3sc4ccc(C(C)(C)C)cc4c3N(c3ccc4c(c3)C(C)(C)CCC4(C)C)c3cc(N(c4ccccc4)c4ccccc4)cc(c31)O2. The second kappa shape index (κ2) is 13.1. The largest absolute Gasteiger partial charge is 0.458 e. The van der Waals surface area contributed by atoms with E-state index in [4.69, 9.17) is 4.74 Å². The minimum Gasteiger partial charge on any atom is -0.458 e. The summed E-state index contributed by atoms with van der Waals surface area (Å²) in [5.41, 5.74) is 15.2. The summed E-state index contributed by atoms with van der Waals surface area (Å²) in [4.78, 5) is 5.00. The molecule has 0 amide bonds. The van der Waals surface area contributed by atoms with Crippen molar-refractivity contribution >= 4 is 78.0 Å². The van der Waals surface area contributed by atoms with Crippen LogP contribution in [0, 0.1) is 0 Å². The molecule has 0 radical (unpaired) electrons. The predicted molar refractivity (Wildman–Crippen MR) is 255 cm³/mol. The van der Waals surface area contributed by atoms with E-state index in [1.165, 1.54) is 71.5 Å². The van der Waals surface area contributed by atoms with Crippen LogP contribution >= 0.6 is 11.3 Å². The summed E-state index contributed by atoms with van der Waals surface area (Å²) >= 11 is 1.96. The maximum Gasteiger partial charge on any atom is 0.268 e. The summed E-state index contributed by atoms with van der Waals surface area (Å²) in [6, 6.07) is 47.8. The Labute approximate surface area is 355 Å². The molecule has 0 fully saturated rings. The molecule has 7 aromatic rings. The van der Waals surface area contributed by atoms with E-state index in [-0.39, 0.29) is 28.4 Å². The van der Waals surface area contributed by atoms with Crippen LogP contribution in [-0.4, -0.2) is 6.71 Å². The number of hydrogen-bond donors (Lipinski definition) is 0. The molecule has 0 unspecified atom stereocenters. The lowest BCUT2D eigenvalue weighted by Gasteiger charge is -2.44. The Kier molecular flexibility index (Phi) is 8.45. The van der Waals surface area contributed by atoms with E-state index in [0.29, 0.717) is 0 Å². The standard InChI is InChI=1S/C54H55BN2OS/c1-51(2,3)34-22-26-47-40(29-34)49-50(59-47)55-43-30-35(52(4,5)6)21-25-45(43)58-46-33-39(56(36-17-13-11-14-18-36)37-19-15-12-16-20-37)32-44(48(46)55)57(49)38-23-24-41-42(31-38)54(9,10)28-27-53(41,7)8/h11-26,29-33H,27-28H2,1-10H3. The molecule has 296 valence electrons.